The molecule has 0 atom stereocenters. The summed E-state index contributed by atoms with van der Waals surface area (Å²) in [6.45, 7) is 2.96. The van der Waals surface area contributed by atoms with Gasteiger partial charge in [0.1, 0.15) is 12.3 Å². The zero-order valence-electron chi connectivity index (χ0n) is 15.5. The van der Waals surface area contributed by atoms with Crippen LogP contribution in [0.4, 0.5) is 18.9 Å². The third-order valence-electron chi connectivity index (χ3n) is 3.86. The number of hydrogen-bond acceptors (Lipinski definition) is 3. The van der Waals surface area contributed by atoms with Gasteiger partial charge in [-0.2, -0.15) is 13.2 Å². The third-order valence-corrected chi connectivity index (χ3v) is 3.86. The Morgan fingerprint density at radius 1 is 1.04 bits per heavy atom. The molecule has 150 valence electrons. The van der Waals surface area contributed by atoms with Crippen LogP contribution in [0.3, 0.4) is 0 Å². The van der Waals surface area contributed by atoms with E-state index in [0.717, 1.165) is 24.3 Å². The first-order chi connectivity index (χ1) is 13.2. The Morgan fingerprint density at radius 2 is 1.64 bits per heavy atom. The number of benzene rings is 2. The van der Waals surface area contributed by atoms with E-state index in [0.29, 0.717) is 5.69 Å². The van der Waals surface area contributed by atoms with E-state index in [4.69, 9.17) is 4.74 Å². The summed E-state index contributed by atoms with van der Waals surface area (Å²) in [4.78, 5) is 25.9. The first-order valence-corrected chi connectivity index (χ1v) is 8.61. The second-order valence-corrected chi connectivity index (χ2v) is 6.34. The molecule has 28 heavy (non-hydrogen) atoms. The second-order valence-electron chi connectivity index (χ2n) is 6.34. The van der Waals surface area contributed by atoms with Crippen molar-refractivity contribution in [2.24, 2.45) is 0 Å². The number of hydrogen-bond donors (Lipinski definition) is 1. The molecule has 0 aliphatic carbocycles. The molecule has 0 aliphatic rings. The van der Waals surface area contributed by atoms with Gasteiger partial charge >= 0.3 is 6.18 Å². The molecule has 2 rings (SSSR count). The molecular formula is C20H21F3N2O3. The lowest BCUT2D eigenvalue weighted by molar-refractivity contribution is -0.138. The molecule has 8 heteroatoms. The highest BCUT2D eigenvalue weighted by molar-refractivity contribution is 5.94. The summed E-state index contributed by atoms with van der Waals surface area (Å²) in [5, 5.41) is 2.70. The predicted molar refractivity (Wildman–Crippen MR) is 98.9 cm³/mol. The Bertz CT molecular complexity index is 791. The van der Waals surface area contributed by atoms with Gasteiger partial charge in [0.25, 0.3) is 5.91 Å². The van der Waals surface area contributed by atoms with E-state index in [1.54, 1.807) is 38.1 Å². The lowest BCUT2D eigenvalue weighted by Crippen LogP contribution is -2.44. The van der Waals surface area contributed by atoms with E-state index >= 15 is 0 Å². The highest BCUT2D eigenvalue weighted by Gasteiger charge is 2.30. The van der Waals surface area contributed by atoms with Crippen LogP contribution in [0.2, 0.25) is 0 Å². The van der Waals surface area contributed by atoms with Gasteiger partial charge in [0, 0.05) is 11.7 Å². The van der Waals surface area contributed by atoms with E-state index in [1.807, 2.05) is 6.07 Å². The van der Waals surface area contributed by atoms with Crippen LogP contribution in [0.15, 0.2) is 54.6 Å². The molecule has 0 spiro atoms. The number of amides is 2. The molecule has 5 nitrogen and oxygen atoms in total. The molecule has 0 saturated heterocycles. The van der Waals surface area contributed by atoms with Gasteiger partial charge in [-0.25, -0.2) is 0 Å². The Kier molecular flexibility index (Phi) is 7.03. The van der Waals surface area contributed by atoms with Gasteiger partial charge in [0.2, 0.25) is 5.91 Å². The average molecular weight is 394 g/mol. The topological polar surface area (TPSA) is 58.6 Å². The second kappa shape index (κ2) is 9.25. The zero-order valence-corrected chi connectivity index (χ0v) is 15.5. The molecule has 2 aromatic carbocycles. The van der Waals surface area contributed by atoms with Crippen LogP contribution < -0.4 is 10.1 Å². The van der Waals surface area contributed by atoms with Crippen LogP contribution >= 0.6 is 0 Å². The standard InChI is InChI=1S/C20H21F3N2O3/c1-14(2)25(12-18(26)24-16-6-4-3-5-7-16)19(27)13-28-17-10-8-15(9-11-17)20(21,22)23/h3-11,14H,12-13H2,1-2H3,(H,24,26). The van der Waals surface area contributed by atoms with Crippen molar-refractivity contribution in [1.29, 1.82) is 0 Å². The fourth-order valence-corrected chi connectivity index (χ4v) is 2.40. The molecule has 0 bridgehead atoms. The van der Waals surface area contributed by atoms with E-state index < -0.39 is 17.6 Å². The number of carbonyl (C=O) groups excluding carboxylic acids is 2. The highest BCUT2D eigenvalue weighted by Crippen LogP contribution is 2.30. The van der Waals surface area contributed by atoms with Gasteiger partial charge in [-0.1, -0.05) is 18.2 Å². The van der Waals surface area contributed by atoms with Crippen LogP contribution in [-0.2, 0) is 15.8 Å². The van der Waals surface area contributed by atoms with E-state index in [9.17, 15) is 22.8 Å². The van der Waals surface area contributed by atoms with Crippen LogP contribution in [0.25, 0.3) is 0 Å². The van der Waals surface area contributed by atoms with Gasteiger partial charge in [-0.05, 0) is 50.2 Å². The summed E-state index contributed by atoms with van der Waals surface area (Å²) in [5.41, 5.74) is -0.183. The van der Waals surface area contributed by atoms with Crippen molar-refractivity contribution < 1.29 is 27.5 Å². The van der Waals surface area contributed by atoms with Gasteiger partial charge in [0.15, 0.2) is 6.61 Å². The summed E-state index contributed by atoms with van der Waals surface area (Å²) in [5.74, 6) is -0.667. The number of anilines is 1. The van der Waals surface area contributed by atoms with E-state index in [-0.39, 0.29) is 30.9 Å². The maximum absolute atomic E-state index is 12.6. The minimum absolute atomic E-state index is 0.138. The number of nitrogens with zero attached hydrogens (tertiary/aromatic N) is 1. The fraction of sp³-hybridized carbons (Fsp3) is 0.300. The zero-order chi connectivity index (χ0) is 20.7. The van der Waals surface area contributed by atoms with Crippen molar-refractivity contribution >= 4 is 17.5 Å². The maximum atomic E-state index is 12.6. The summed E-state index contributed by atoms with van der Waals surface area (Å²) in [6, 6.07) is 12.6. The molecule has 0 radical (unpaired) electrons. The third kappa shape index (κ3) is 6.29. The SMILES string of the molecule is CC(C)N(CC(=O)Nc1ccccc1)C(=O)COc1ccc(C(F)(F)F)cc1. The normalized spacial score (nSPS) is 11.2. The molecule has 1 N–H and O–H groups in total. The van der Waals surface area contributed by atoms with Crippen molar-refractivity contribution in [3.8, 4) is 5.75 Å². The predicted octanol–water partition coefficient (Wildman–Crippen LogP) is 3.96. The number of para-hydroxylation sites is 1. The highest BCUT2D eigenvalue weighted by atomic mass is 19.4. The molecule has 0 fully saturated rings. The largest absolute Gasteiger partial charge is 0.484 e. The molecule has 2 aromatic rings. The van der Waals surface area contributed by atoms with Gasteiger partial charge in [-0.3, -0.25) is 9.59 Å². The smallest absolute Gasteiger partial charge is 0.416 e. The summed E-state index contributed by atoms with van der Waals surface area (Å²) in [7, 11) is 0. The van der Waals surface area contributed by atoms with Crippen LogP contribution in [-0.4, -0.2) is 35.9 Å². The Labute approximate surface area is 161 Å². The maximum Gasteiger partial charge on any atom is 0.416 e. The van der Waals surface area contributed by atoms with Crippen molar-refractivity contribution in [3.05, 3.63) is 60.2 Å². The van der Waals surface area contributed by atoms with Gasteiger partial charge in [0.05, 0.1) is 5.56 Å². The van der Waals surface area contributed by atoms with Crippen molar-refractivity contribution in [3.63, 3.8) is 0 Å². The van der Waals surface area contributed by atoms with Crippen molar-refractivity contribution in [1.82, 2.24) is 4.90 Å². The summed E-state index contributed by atoms with van der Waals surface area (Å²) >= 11 is 0. The van der Waals surface area contributed by atoms with Crippen LogP contribution in [0, 0.1) is 0 Å². The minimum Gasteiger partial charge on any atom is -0.484 e. The first-order valence-electron chi connectivity index (χ1n) is 8.61. The number of halogens is 3. The molecule has 0 saturated carbocycles. The number of ether oxygens (including phenoxy) is 1. The number of rotatable bonds is 7. The van der Waals surface area contributed by atoms with Gasteiger partial charge in [-0.15, -0.1) is 0 Å². The summed E-state index contributed by atoms with van der Waals surface area (Å²) in [6.07, 6.45) is -4.44. The minimum atomic E-state index is -4.44. The fourth-order valence-electron chi connectivity index (χ4n) is 2.40. The number of alkyl halides is 3. The summed E-state index contributed by atoms with van der Waals surface area (Å²) < 4.78 is 43.0. The first kappa shape index (κ1) is 21.3. The lowest BCUT2D eigenvalue weighted by atomic mass is 10.2. The quantitative estimate of drug-likeness (QED) is 0.773. The number of nitrogens with one attached hydrogen (secondary N) is 1. The lowest BCUT2D eigenvalue weighted by Gasteiger charge is -2.26. The average Bonchev–Trinajstić information content (AvgIpc) is 2.64. The van der Waals surface area contributed by atoms with Crippen molar-refractivity contribution in [2.75, 3.05) is 18.5 Å². The molecule has 0 unspecified atom stereocenters. The van der Waals surface area contributed by atoms with Gasteiger partial charge < -0.3 is 15.0 Å². The Balaban J connectivity index is 1.92. The van der Waals surface area contributed by atoms with E-state index in [1.165, 1.54) is 4.90 Å². The van der Waals surface area contributed by atoms with E-state index in [2.05, 4.69) is 5.32 Å². The van der Waals surface area contributed by atoms with Crippen LogP contribution in [0.5, 0.6) is 5.75 Å². The van der Waals surface area contributed by atoms with Crippen molar-refractivity contribution in [2.45, 2.75) is 26.1 Å². The molecule has 0 heterocycles. The Hall–Kier alpha value is -3.03. The van der Waals surface area contributed by atoms with Crippen LogP contribution in [0.1, 0.15) is 19.4 Å². The monoisotopic (exact) mass is 394 g/mol. The molecule has 2 amide bonds. The molecule has 0 aliphatic heterocycles. The number of carbonyl (C=O) groups is 2. The molecular weight excluding hydrogens is 373 g/mol. The Morgan fingerprint density at radius 3 is 2.18 bits per heavy atom. The molecule has 0 aromatic heterocycles.